The van der Waals surface area contributed by atoms with E-state index in [1.165, 1.54) is 25.7 Å². The Labute approximate surface area is 95.8 Å². The topological polar surface area (TPSA) is 21.3 Å². The first-order valence-corrected chi connectivity index (χ1v) is 6.47. The van der Waals surface area contributed by atoms with Crippen LogP contribution in [0.15, 0.2) is 0 Å². The fourth-order valence-corrected chi connectivity index (χ4v) is 1.30. The van der Waals surface area contributed by atoms with Gasteiger partial charge in [-0.1, -0.05) is 33.1 Å². The SMILES string of the molecule is CCCCCCNCCOC(C)(C)CC. The molecule has 0 amide bonds. The molecule has 0 spiro atoms. The molecule has 0 aromatic rings. The van der Waals surface area contributed by atoms with E-state index < -0.39 is 0 Å². The molecule has 0 saturated heterocycles. The first-order valence-electron chi connectivity index (χ1n) is 6.47. The smallest absolute Gasteiger partial charge is 0.0624 e. The molecule has 2 heteroatoms. The van der Waals surface area contributed by atoms with Crippen LogP contribution in [0.25, 0.3) is 0 Å². The summed E-state index contributed by atoms with van der Waals surface area (Å²) in [5.41, 5.74) is 0.0455. The average molecular weight is 215 g/mol. The number of nitrogens with one attached hydrogen (secondary N) is 1. The van der Waals surface area contributed by atoms with Crippen LogP contribution in [0.2, 0.25) is 0 Å². The van der Waals surface area contributed by atoms with Crippen molar-refractivity contribution in [2.24, 2.45) is 0 Å². The minimum Gasteiger partial charge on any atom is -0.374 e. The van der Waals surface area contributed by atoms with Crippen LogP contribution in [0.1, 0.15) is 59.8 Å². The molecule has 0 bridgehead atoms. The van der Waals surface area contributed by atoms with E-state index in [0.29, 0.717) is 0 Å². The van der Waals surface area contributed by atoms with Crippen molar-refractivity contribution >= 4 is 0 Å². The second-order valence-electron chi connectivity index (χ2n) is 4.77. The molecule has 92 valence electrons. The van der Waals surface area contributed by atoms with Gasteiger partial charge in [-0.25, -0.2) is 0 Å². The number of hydrogen-bond donors (Lipinski definition) is 1. The predicted molar refractivity (Wildman–Crippen MR) is 67.3 cm³/mol. The Bertz CT molecular complexity index is 134. The Morgan fingerprint density at radius 2 is 1.73 bits per heavy atom. The van der Waals surface area contributed by atoms with Crippen LogP contribution in [-0.2, 0) is 4.74 Å². The van der Waals surface area contributed by atoms with Crippen molar-refractivity contribution in [1.29, 1.82) is 0 Å². The molecule has 0 aliphatic heterocycles. The molecule has 0 aromatic heterocycles. The summed E-state index contributed by atoms with van der Waals surface area (Å²) in [4.78, 5) is 0. The summed E-state index contributed by atoms with van der Waals surface area (Å²) in [5.74, 6) is 0. The van der Waals surface area contributed by atoms with Gasteiger partial charge in [-0.15, -0.1) is 0 Å². The fraction of sp³-hybridized carbons (Fsp3) is 1.00. The maximum atomic E-state index is 5.74. The van der Waals surface area contributed by atoms with Crippen molar-refractivity contribution < 1.29 is 4.74 Å². The molecule has 0 unspecified atom stereocenters. The highest BCUT2D eigenvalue weighted by molar-refractivity contribution is 4.65. The lowest BCUT2D eigenvalue weighted by molar-refractivity contribution is -0.0179. The number of ether oxygens (including phenoxy) is 1. The van der Waals surface area contributed by atoms with Crippen molar-refractivity contribution in [2.75, 3.05) is 19.7 Å². The molecule has 0 radical (unpaired) electrons. The van der Waals surface area contributed by atoms with Crippen molar-refractivity contribution in [3.05, 3.63) is 0 Å². The van der Waals surface area contributed by atoms with Gasteiger partial charge in [0, 0.05) is 6.54 Å². The van der Waals surface area contributed by atoms with Gasteiger partial charge in [0.2, 0.25) is 0 Å². The van der Waals surface area contributed by atoms with Crippen LogP contribution in [-0.4, -0.2) is 25.3 Å². The Hall–Kier alpha value is -0.0800. The number of unbranched alkanes of at least 4 members (excludes halogenated alkanes) is 3. The van der Waals surface area contributed by atoms with Crippen LogP contribution < -0.4 is 5.32 Å². The summed E-state index contributed by atoms with van der Waals surface area (Å²) in [6, 6.07) is 0. The minimum absolute atomic E-state index is 0.0455. The minimum atomic E-state index is 0.0455. The van der Waals surface area contributed by atoms with Gasteiger partial charge < -0.3 is 10.1 Å². The van der Waals surface area contributed by atoms with Gasteiger partial charge in [0.05, 0.1) is 12.2 Å². The summed E-state index contributed by atoms with van der Waals surface area (Å²) < 4.78 is 5.74. The maximum Gasteiger partial charge on any atom is 0.0624 e. The molecule has 0 aliphatic carbocycles. The highest BCUT2D eigenvalue weighted by Crippen LogP contribution is 2.12. The van der Waals surface area contributed by atoms with Crippen LogP contribution in [0, 0.1) is 0 Å². The molecule has 0 atom stereocenters. The lowest BCUT2D eigenvalue weighted by Crippen LogP contribution is -2.29. The molecule has 1 N–H and O–H groups in total. The fourth-order valence-electron chi connectivity index (χ4n) is 1.30. The summed E-state index contributed by atoms with van der Waals surface area (Å²) in [7, 11) is 0. The first-order chi connectivity index (χ1) is 7.12. The van der Waals surface area contributed by atoms with Gasteiger partial charge in [-0.3, -0.25) is 0 Å². The highest BCUT2D eigenvalue weighted by Gasteiger charge is 2.13. The van der Waals surface area contributed by atoms with E-state index in [-0.39, 0.29) is 5.60 Å². The summed E-state index contributed by atoms with van der Waals surface area (Å²) >= 11 is 0. The molecule has 0 aromatic carbocycles. The van der Waals surface area contributed by atoms with E-state index in [1.54, 1.807) is 0 Å². The molecule has 2 nitrogen and oxygen atoms in total. The van der Waals surface area contributed by atoms with E-state index in [9.17, 15) is 0 Å². The molecule has 0 saturated carbocycles. The molecular weight excluding hydrogens is 186 g/mol. The van der Waals surface area contributed by atoms with Crippen LogP contribution in [0.5, 0.6) is 0 Å². The van der Waals surface area contributed by atoms with E-state index in [4.69, 9.17) is 4.74 Å². The lowest BCUT2D eigenvalue weighted by Gasteiger charge is -2.23. The monoisotopic (exact) mass is 215 g/mol. The molecule has 0 rings (SSSR count). The van der Waals surface area contributed by atoms with Crippen molar-refractivity contribution in [3.63, 3.8) is 0 Å². The third kappa shape index (κ3) is 10.2. The van der Waals surface area contributed by atoms with Crippen molar-refractivity contribution in [2.45, 2.75) is 65.4 Å². The summed E-state index contributed by atoms with van der Waals surface area (Å²) in [5, 5.41) is 3.42. The Kier molecular flexibility index (Phi) is 9.12. The molecule has 15 heavy (non-hydrogen) atoms. The Morgan fingerprint density at radius 1 is 1.00 bits per heavy atom. The van der Waals surface area contributed by atoms with E-state index in [1.807, 2.05) is 0 Å². The second-order valence-corrected chi connectivity index (χ2v) is 4.77. The number of hydrogen-bond acceptors (Lipinski definition) is 2. The highest BCUT2D eigenvalue weighted by atomic mass is 16.5. The normalized spacial score (nSPS) is 12.0. The van der Waals surface area contributed by atoms with E-state index in [0.717, 1.165) is 26.1 Å². The first kappa shape index (κ1) is 14.9. The van der Waals surface area contributed by atoms with Crippen LogP contribution in [0.4, 0.5) is 0 Å². The quantitative estimate of drug-likeness (QED) is 0.564. The number of rotatable bonds is 10. The Morgan fingerprint density at radius 3 is 2.33 bits per heavy atom. The summed E-state index contributed by atoms with van der Waals surface area (Å²) in [6.45, 7) is 11.6. The zero-order chi connectivity index (χ0) is 11.6. The predicted octanol–water partition coefficient (Wildman–Crippen LogP) is 3.36. The molecule has 0 heterocycles. The van der Waals surface area contributed by atoms with E-state index >= 15 is 0 Å². The van der Waals surface area contributed by atoms with Gasteiger partial charge in [-0.05, 0) is 33.2 Å². The van der Waals surface area contributed by atoms with Crippen molar-refractivity contribution in [3.8, 4) is 0 Å². The van der Waals surface area contributed by atoms with Crippen molar-refractivity contribution in [1.82, 2.24) is 5.32 Å². The zero-order valence-electron chi connectivity index (χ0n) is 11.1. The maximum absolute atomic E-state index is 5.74. The third-order valence-corrected chi connectivity index (χ3v) is 2.83. The van der Waals surface area contributed by atoms with Gasteiger partial charge in [-0.2, -0.15) is 0 Å². The third-order valence-electron chi connectivity index (χ3n) is 2.83. The standard InChI is InChI=1S/C13H29NO/c1-5-7-8-9-10-14-11-12-15-13(3,4)6-2/h14H,5-12H2,1-4H3. The average Bonchev–Trinajstić information content (AvgIpc) is 2.22. The van der Waals surface area contributed by atoms with Crippen LogP contribution >= 0.6 is 0 Å². The zero-order valence-corrected chi connectivity index (χ0v) is 11.1. The Balaban J connectivity index is 3.11. The van der Waals surface area contributed by atoms with Crippen LogP contribution in [0.3, 0.4) is 0 Å². The molecule has 0 aliphatic rings. The van der Waals surface area contributed by atoms with Gasteiger partial charge in [0.1, 0.15) is 0 Å². The van der Waals surface area contributed by atoms with E-state index in [2.05, 4.69) is 33.0 Å². The second kappa shape index (κ2) is 9.17. The lowest BCUT2D eigenvalue weighted by atomic mass is 10.1. The molecule has 0 fully saturated rings. The van der Waals surface area contributed by atoms with Gasteiger partial charge >= 0.3 is 0 Å². The van der Waals surface area contributed by atoms with Gasteiger partial charge in [0.15, 0.2) is 0 Å². The largest absolute Gasteiger partial charge is 0.374 e. The molecular formula is C13H29NO. The van der Waals surface area contributed by atoms with Gasteiger partial charge in [0.25, 0.3) is 0 Å². The summed E-state index contributed by atoms with van der Waals surface area (Å²) in [6.07, 6.45) is 6.40.